The minimum Gasteiger partial charge on any atom is -0.343 e. The van der Waals surface area contributed by atoms with Crippen molar-refractivity contribution in [2.45, 2.75) is 0 Å². The molecule has 0 aliphatic rings. The van der Waals surface area contributed by atoms with E-state index in [0.717, 1.165) is 4.47 Å². The molecule has 0 aliphatic heterocycles. The molecular formula is C15H12BrClN2O2. The van der Waals surface area contributed by atoms with E-state index >= 15 is 0 Å². The van der Waals surface area contributed by atoms with E-state index < -0.39 is 5.91 Å². The van der Waals surface area contributed by atoms with Gasteiger partial charge in [0, 0.05) is 10.2 Å². The normalized spacial score (nSPS) is 10.0. The second-order valence-corrected chi connectivity index (χ2v) is 5.54. The molecule has 108 valence electrons. The van der Waals surface area contributed by atoms with Crippen LogP contribution in [0.25, 0.3) is 0 Å². The van der Waals surface area contributed by atoms with Gasteiger partial charge in [-0.15, -0.1) is 0 Å². The first-order valence-corrected chi connectivity index (χ1v) is 7.31. The molecular weight excluding hydrogens is 356 g/mol. The van der Waals surface area contributed by atoms with Crippen molar-refractivity contribution in [2.24, 2.45) is 0 Å². The van der Waals surface area contributed by atoms with Crippen molar-refractivity contribution in [3.05, 3.63) is 63.6 Å². The highest BCUT2D eigenvalue weighted by atomic mass is 79.9. The fourth-order valence-corrected chi connectivity index (χ4v) is 2.42. The summed E-state index contributed by atoms with van der Waals surface area (Å²) in [7, 11) is 0. The van der Waals surface area contributed by atoms with Crippen LogP contribution in [-0.4, -0.2) is 18.4 Å². The lowest BCUT2D eigenvalue weighted by Crippen LogP contribution is -2.33. The number of rotatable bonds is 4. The summed E-state index contributed by atoms with van der Waals surface area (Å²) in [5.41, 5.74) is 1.01. The first-order chi connectivity index (χ1) is 10.1. The minimum absolute atomic E-state index is 0.125. The number of amides is 2. The summed E-state index contributed by atoms with van der Waals surface area (Å²) in [5, 5.41) is 5.53. The van der Waals surface area contributed by atoms with E-state index in [1.165, 1.54) is 0 Å². The number of para-hydroxylation sites is 1. The highest BCUT2D eigenvalue weighted by Crippen LogP contribution is 2.21. The Morgan fingerprint density at radius 3 is 2.48 bits per heavy atom. The molecule has 0 radical (unpaired) electrons. The zero-order valence-corrected chi connectivity index (χ0v) is 13.2. The molecule has 0 unspecified atom stereocenters. The van der Waals surface area contributed by atoms with E-state index in [9.17, 15) is 9.59 Å². The zero-order valence-electron chi connectivity index (χ0n) is 10.9. The first-order valence-electron chi connectivity index (χ1n) is 6.14. The SMILES string of the molecule is O=C(CNC(=O)c1ccc(Br)cc1Cl)Nc1ccccc1. The molecule has 2 amide bonds. The van der Waals surface area contributed by atoms with Gasteiger partial charge in [-0.25, -0.2) is 0 Å². The van der Waals surface area contributed by atoms with Crippen molar-refractivity contribution in [3.8, 4) is 0 Å². The number of benzene rings is 2. The predicted molar refractivity (Wildman–Crippen MR) is 86.6 cm³/mol. The van der Waals surface area contributed by atoms with Gasteiger partial charge in [0.2, 0.25) is 5.91 Å². The van der Waals surface area contributed by atoms with E-state index in [1.54, 1.807) is 30.3 Å². The Kier molecular flexibility index (Phi) is 5.36. The molecule has 2 aromatic rings. The lowest BCUT2D eigenvalue weighted by molar-refractivity contribution is -0.115. The molecule has 21 heavy (non-hydrogen) atoms. The quantitative estimate of drug-likeness (QED) is 0.869. The van der Waals surface area contributed by atoms with E-state index in [0.29, 0.717) is 16.3 Å². The highest BCUT2D eigenvalue weighted by molar-refractivity contribution is 9.10. The summed E-state index contributed by atoms with van der Waals surface area (Å²) in [6.07, 6.45) is 0. The van der Waals surface area contributed by atoms with Crippen LogP contribution in [0, 0.1) is 0 Å². The van der Waals surface area contributed by atoms with Crippen molar-refractivity contribution in [1.29, 1.82) is 0 Å². The second-order valence-electron chi connectivity index (χ2n) is 4.22. The maximum Gasteiger partial charge on any atom is 0.253 e. The molecule has 2 N–H and O–H groups in total. The van der Waals surface area contributed by atoms with Crippen molar-refractivity contribution in [1.82, 2.24) is 5.32 Å². The molecule has 0 aromatic heterocycles. The third kappa shape index (κ3) is 4.58. The van der Waals surface area contributed by atoms with Crippen LogP contribution in [0.1, 0.15) is 10.4 Å². The molecule has 0 saturated heterocycles. The molecule has 0 atom stereocenters. The summed E-state index contributed by atoms with van der Waals surface area (Å²) in [4.78, 5) is 23.7. The van der Waals surface area contributed by atoms with Crippen LogP contribution in [0.3, 0.4) is 0 Å². The smallest absolute Gasteiger partial charge is 0.253 e. The molecule has 0 heterocycles. The largest absolute Gasteiger partial charge is 0.343 e. The van der Waals surface area contributed by atoms with Crippen LogP contribution < -0.4 is 10.6 Å². The molecule has 6 heteroatoms. The lowest BCUT2D eigenvalue weighted by Gasteiger charge is -2.08. The van der Waals surface area contributed by atoms with Gasteiger partial charge >= 0.3 is 0 Å². The highest BCUT2D eigenvalue weighted by Gasteiger charge is 2.11. The Morgan fingerprint density at radius 2 is 1.81 bits per heavy atom. The molecule has 0 saturated carbocycles. The van der Waals surface area contributed by atoms with Crippen LogP contribution in [-0.2, 0) is 4.79 Å². The number of hydrogen-bond acceptors (Lipinski definition) is 2. The monoisotopic (exact) mass is 366 g/mol. The number of anilines is 1. The van der Waals surface area contributed by atoms with Crippen LogP contribution >= 0.6 is 27.5 Å². The summed E-state index contributed by atoms with van der Waals surface area (Å²) < 4.78 is 0.783. The third-order valence-corrected chi connectivity index (χ3v) is 3.45. The maximum absolute atomic E-state index is 11.9. The van der Waals surface area contributed by atoms with Gasteiger partial charge in [0.05, 0.1) is 17.1 Å². The van der Waals surface area contributed by atoms with Gasteiger partial charge in [0.15, 0.2) is 0 Å². The van der Waals surface area contributed by atoms with Gasteiger partial charge in [0.1, 0.15) is 0 Å². The van der Waals surface area contributed by atoms with Gasteiger partial charge in [0.25, 0.3) is 5.91 Å². The van der Waals surface area contributed by atoms with E-state index in [1.807, 2.05) is 18.2 Å². The molecule has 0 spiro atoms. The number of halogens is 2. The molecule has 2 aromatic carbocycles. The molecule has 4 nitrogen and oxygen atoms in total. The number of carbonyl (C=O) groups is 2. The number of nitrogens with one attached hydrogen (secondary N) is 2. The van der Waals surface area contributed by atoms with Gasteiger partial charge in [-0.3, -0.25) is 9.59 Å². The molecule has 0 aliphatic carbocycles. The Bertz CT molecular complexity index is 662. The summed E-state index contributed by atoms with van der Waals surface area (Å²) >= 11 is 9.24. The lowest BCUT2D eigenvalue weighted by atomic mass is 10.2. The topological polar surface area (TPSA) is 58.2 Å². The predicted octanol–water partition coefficient (Wildman–Crippen LogP) is 3.47. The Morgan fingerprint density at radius 1 is 1.10 bits per heavy atom. The van der Waals surface area contributed by atoms with Crippen molar-refractivity contribution < 1.29 is 9.59 Å². The van der Waals surface area contributed by atoms with Gasteiger partial charge < -0.3 is 10.6 Å². The van der Waals surface area contributed by atoms with Gasteiger partial charge in [-0.05, 0) is 30.3 Å². The Hall–Kier alpha value is -1.85. The average Bonchev–Trinajstić information content (AvgIpc) is 2.46. The third-order valence-electron chi connectivity index (χ3n) is 2.64. The van der Waals surface area contributed by atoms with Crippen LogP contribution in [0.5, 0.6) is 0 Å². The van der Waals surface area contributed by atoms with Crippen LogP contribution in [0.15, 0.2) is 53.0 Å². The number of carbonyl (C=O) groups excluding carboxylic acids is 2. The molecule has 2 rings (SSSR count). The van der Waals surface area contributed by atoms with E-state index in [2.05, 4.69) is 26.6 Å². The minimum atomic E-state index is -0.393. The molecule has 0 fully saturated rings. The zero-order chi connectivity index (χ0) is 15.2. The maximum atomic E-state index is 11.9. The van der Waals surface area contributed by atoms with E-state index in [-0.39, 0.29) is 12.5 Å². The summed E-state index contributed by atoms with van der Waals surface area (Å²) in [6.45, 7) is -0.125. The van der Waals surface area contributed by atoms with Crippen molar-refractivity contribution in [2.75, 3.05) is 11.9 Å². The van der Waals surface area contributed by atoms with Crippen LogP contribution in [0.2, 0.25) is 5.02 Å². The Balaban J connectivity index is 1.90. The van der Waals surface area contributed by atoms with Gasteiger partial charge in [-0.1, -0.05) is 45.7 Å². The number of hydrogen-bond donors (Lipinski definition) is 2. The van der Waals surface area contributed by atoms with Crippen LogP contribution in [0.4, 0.5) is 5.69 Å². The van der Waals surface area contributed by atoms with Gasteiger partial charge in [-0.2, -0.15) is 0 Å². The summed E-state index contributed by atoms with van der Waals surface area (Å²) in [6, 6.07) is 14.0. The second kappa shape index (κ2) is 7.24. The summed E-state index contributed by atoms with van der Waals surface area (Å²) in [5.74, 6) is -0.696. The van der Waals surface area contributed by atoms with E-state index in [4.69, 9.17) is 11.6 Å². The average molecular weight is 368 g/mol. The first kappa shape index (κ1) is 15.5. The molecule has 0 bridgehead atoms. The standard InChI is InChI=1S/C15H12BrClN2O2/c16-10-6-7-12(13(17)8-10)15(21)18-9-14(20)19-11-4-2-1-3-5-11/h1-8H,9H2,(H,18,21)(H,19,20). The Labute approximate surface area is 135 Å². The van der Waals surface area contributed by atoms with Crippen molar-refractivity contribution >= 4 is 45.0 Å². The fourth-order valence-electron chi connectivity index (χ4n) is 1.66. The fraction of sp³-hybridized carbons (Fsp3) is 0.0667. The van der Waals surface area contributed by atoms with Crippen molar-refractivity contribution in [3.63, 3.8) is 0 Å².